The molecular weight excluding hydrogens is 236 g/mol. The molecule has 1 N–H and O–H groups in total. The first-order chi connectivity index (χ1) is 9.26. The van der Waals surface area contributed by atoms with Crippen LogP contribution in [0.1, 0.15) is 52.4 Å². The lowest BCUT2D eigenvalue weighted by molar-refractivity contribution is 0.0555. The van der Waals surface area contributed by atoms with Crippen LogP contribution in [0.15, 0.2) is 0 Å². The molecule has 0 aromatic rings. The maximum absolute atomic E-state index is 5.42. The van der Waals surface area contributed by atoms with Gasteiger partial charge in [0.1, 0.15) is 0 Å². The standard InChI is InChI=1S/C16H34N2O/c1-4-10-17-16(5-2)7-6-11-18(3)14-15-8-12-19-13-9-15/h15-17H,4-14H2,1-3H3. The molecule has 1 aliphatic heterocycles. The van der Waals surface area contributed by atoms with Gasteiger partial charge in [-0.15, -0.1) is 0 Å². The second-order valence-electron chi connectivity index (χ2n) is 6.02. The highest BCUT2D eigenvalue weighted by Crippen LogP contribution is 2.15. The van der Waals surface area contributed by atoms with Crippen molar-refractivity contribution in [2.45, 2.75) is 58.4 Å². The summed E-state index contributed by atoms with van der Waals surface area (Å²) in [4.78, 5) is 2.52. The Morgan fingerprint density at radius 1 is 1.26 bits per heavy atom. The summed E-state index contributed by atoms with van der Waals surface area (Å²) in [7, 11) is 2.27. The summed E-state index contributed by atoms with van der Waals surface area (Å²) in [5.74, 6) is 0.860. The molecule has 0 spiro atoms. The monoisotopic (exact) mass is 270 g/mol. The van der Waals surface area contributed by atoms with Gasteiger partial charge in [-0.1, -0.05) is 13.8 Å². The Balaban J connectivity index is 2.06. The predicted molar refractivity (Wildman–Crippen MR) is 82.6 cm³/mol. The lowest BCUT2D eigenvalue weighted by Gasteiger charge is -2.27. The number of nitrogens with zero attached hydrogens (tertiary/aromatic N) is 1. The van der Waals surface area contributed by atoms with E-state index >= 15 is 0 Å². The highest BCUT2D eigenvalue weighted by molar-refractivity contribution is 4.69. The van der Waals surface area contributed by atoms with Gasteiger partial charge in [0.05, 0.1) is 0 Å². The minimum absolute atomic E-state index is 0.719. The SMILES string of the molecule is CCCNC(CC)CCCN(C)CC1CCOCC1. The summed E-state index contributed by atoms with van der Waals surface area (Å²) in [5, 5.41) is 3.64. The van der Waals surface area contributed by atoms with Crippen LogP contribution in [0.4, 0.5) is 0 Å². The second-order valence-corrected chi connectivity index (χ2v) is 6.02. The number of hydrogen-bond donors (Lipinski definition) is 1. The Morgan fingerprint density at radius 2 is 2.00 bits per heavy atom. The van der Waals surface area contributed by atoms with E-state index in [-0.39, 0.29) is 0 Å². The van der Waals surface area contributed by atoms with Crippen molar-refractivity contribution in [1.82, 2.24) is 10.2 Å². The van der Waals surface area contributed by atoms with E-state index in [0.29, 0.717) is 0 Å². The summed E-state index contributed by atoms with van der Waals surface area (Å²) in [6, 6.07) is 0.719. The fourth-order valence-corrected chi connectivity index (χ4v) is 2.87. The van der Waals surface area contributed by atoms with Crippen LogP contribution in [0.3, 0.4) is 0 Å². The second kappa shape index (κ2) is 10.6. The zero-order chi connectivity index (χ0) is 13.9. The highest BCUT2D eigenvalue weighted by Gasteiger charge is 2.15. The maximum atomic E-state index is 5.42. The molecule has 1 saturated heterocycles. The topological polar surface area (TPSA) is 24.5 Å². The molecule has 0 bridgehead atoms. The van der Waals surface area contributed by atoms with Crippen molar-refractivity contribution in [3.05, 3.63) is 0 Å². The molecule has 1 atom stereocenters. The lowest BCUT2D eigenvalue weighted by atomic mass is 9.99. The Morgan fingerprint density at radius 3 is 2.63 bits per heavy atom. The van der Waals surface area contributed by atoms with Crippen LogP contribution in [-0.2, 0) is 4.74 Å². The molecule has 3 heteroatoms. The summed E-state index contributed by atoms with van der Waals surface area (Å²) < 4.78 is 5.42. The Kier molecular flexibility index (Phi) is 9.48. The minimum atomic E-state index is 0.719. The highest BCUT2D eigenvalue weighted by atomic mass is 16.5. The van der Waals surface area contributed by atoms with E-state index in [4.69, 9.17) is 4.74 Å². The third-order valence-electron chi connectivity index (χ3n) is 4.18. The van der Waals surface area contributed by atoms with E-state index in [1.807, 2.05) is 0 Å². The molecule has 3 nitrogen and oxygen atoms in total. The molecular formula is C16H34N2O. The number of hydrogen-bond acceptors (Lipinski definition) is 3. The quantitative estimate of drug-likeness (QED) is 0.660. The number of rotatable bonds is 10. The average Bonchev–Trinajstić information content (AvgIpc) is 2.43. The molecule has 114 valence electrons. The molecule has 0 aliphatic carbocycles. The van der Waals surface area contributed by atoms with E-state index in [1.54, 1.807) is 0 Å². The molecule has 0 radical (unpaired) electrons. The normalized spacial score (nSPS) is 18.9. The maximum Gasteiger partial charge on any atom is 0.0469 e. The molecule has 0 saturated carbocycles. The van der Waals surface area contributed by atoms with Gasteiger partial charge in [0.2, 0.25) is 0 Å². The first-order valence-electron chi connectivity index (χ1n) is 8.25. The lowest BCUT2D eigenvalue weighted by Crippen LogP contribution is -2.32. The van der Waals surface area contributed by atoms with Gasteiger partial charge in [-0.25, -0.2) is 0 Å². The van der Waals surface area contributed by atoms with Crippen LogP contribution in [0.5, 0.6) is 0 Å². The van der Waals surface area contributed by atoms with Gasteiger partial charge in [0.15, 0.2) is 0 Å². The Labute approximate surface area is 120 Å². The zero-order valence-corrected chi connectivity index (χ0v) is 13.3. The van der Waals surface area contributed by atoms with Gasteiger partial charge >= 0.3 is 0 Å². The van der Waals surface area contributed by atoms with Crippen molar-refractivity contribution >= 4 is 0 Å². The molecule has 19 heavy (non-hydrogen) atoms. The summed E-state index contributed by atoms with van der Waals surface area (Å²) >= 11 is 0. The Hall–Kier alpha value is -0.120. The van der Waals surface area contributed by atoms with Crippen LogP contribution in [0.2, 0.25) is 0 Å². The zero-order valence-electron chi connectivity index (χ0n) is 13.3. The first-order valence-corrected chi connectivity index (χ1v) is 8.25. The fourth-order valence-electron chi connectivity index (χ4n) is 2.87. The number of ether oxygens (including phenoxy) is 1. The van der Waals surface area contributed by atoms with Gasteiger partial charge in [0, 0.05) is 25.8 Å². The van der Waals surface area contributed by atoms with Crippen molar-refractivity contribution in [2.75, 3.05) is 39.9 Å². The van der Waals surface area contributed by atoms with Crippen molar-refractivity contribution < 1.29 is 4.74 Å². The minimum Gasteiger partial charge on any atom is -0.381 e. The molecule has 1 unspecified atom stereocenters. The third kappa shape index (κ3) is 7.91. The predicted octanol–water partition coefficient (Wildman–Crippen LogP) is 2.90. The smallest absolute Gasteiger partial charge is 0.0469 e. The van der Waals surface area contributed by atoms with Gasteiger partial charge in [-0.3, -0.25) is 0 Å². The largest absolute Gasteiger partial charge is 0.381 e. The van der Waals surface area contributed by atoms with Gasteiger partial charge < -0.3 is 15.0 Å². The van der Waals surface area contributed by atoms with Crippen LogP contribution in [-0.4, -0.2) is 50.8 Å². The molecule has 0 aromatic carbocycles. The van der Waals surface area contributed by atoms with Crippen molar-refractivity contribution in [3.8, 4) is 0 Å². The molecule has 1 fully saturated rings. The van der Waals surface area contributed by atoms with Gasteiger partial charge in [-0.2, -0.15) is 0 Å². The third-order valence-corrected chi connectivity index (χ3v) is 4.18. The van der Waals surface area contributed by atoms with Gasteiger partial charge in [0.25, 0.3) is 0 Å². The van der Waals surface area contributed by atoms with Crippen LogP contribution in [0, 0.1) is 5.92 Å². The summed E-state index contributed by atoms with van der Waals surface area (Å²) in [6.07, 6.45) is 7.62. The van der Waals surface area contributed by atoms with E-state index in [1.165, 1.54) is 51.6 Å². The summed E-state index contributed by atoms with van der Waals surface area (Å²) in [6.45, 7) is 10.1. The van der Waals surface area contributed by atoms with Crippen molar-refractivity contribution in [1.29, 1.82) is 0 Å². The summed E-state index contributed by atoms with van der Waals surface area (Å²) in [5.41, 5.74) is 0. The van der Waals surface area contributed by atoms with Crippen LogP contribution >= 0.6 is 0 Å². The molecule has 1 aliphatic rings. The van der Waals surface area contributed by atoms with E-state index in [0.717, 1.165) is 31.7 Å². The molecule has 0 aromatic heterocycles. The van der Waals surface area contributed by atoms with Gasteiger partial charge in [-0.05, 0) is 64.6 Å². The average molecular weight is 270 g/mol. The molecule has 1 heterocycles. The Bertz CT molecular complexity index is 205. The van der Waals surface area contributed by atoms with E-state index in [9.17, 15) is 0 Å². The molecule has 0 amide bonds. The van der Waals surface area contributed by atoms with Crippen molar-refractivity contribution in [2.24, 2.45) is 5.92 Å². The van der Waals surface area contributed by atoms with Crippen LogP contribution < -0.4 is 5.32 Å². The van der Waals surface area contributed by atoms with Crippen molar-refractivity contribution in [3.63, 3.8) is 0 Å². The fraction of sp³-hybridized carbons (Fsp3) is 1.00. The van der Waals surface area contributed by atoms with Crippen LogP contribution in [0.25, 0.3) is 0 Å². The van der Waals surface area contributed by atoms with E-state index in [2.05, 4.69) is 31.1 Å². The molecule has 1 rings (SSSR count). The number of nitrogens with one attached hydrogen (secondary N) is 1. The van der Waals surface area contributed by atoms with E-state index < -0.39 is 0 Å². The first kappa shape index (κ1) is 16.9.